The monoisotopic (exact) mass is 319 g/mol. The maximum atomic E-state index is 11.8. The van der Waals surface area contributed by atoms with Gasteiger partial charge in [-0.15, -0.1) is 0 Å². The van der Waals surface area contributed by atoms with Gasteiger partial charge in [0.15, 0.2) is 0 Å². The van der Waals surface area contributed by atoms with Crippen LogP contribution >= 0.6 is 0 Å². The topological polar surface area (TPSA) is 53.6 Å². The standard InChI is InChI=1S/C18H29N3O2/c1-15-14-16(20-18(22)6-5-9-19-2)7-8-17(15)23-13-12-21-10-3-4-11-21/h7-8,14,19H,3-6,9-13H2,1-2H3,(H,20,22). The second-order valence-corrected chi connectivity index (χ2v) is 6.13. The van der Waals surface area contributed by atoms with Gasteiger partial charge in [0.05, 0.1) is 0 Å². The zero-order valence-electron chi connectivity index (χ0n) is 14.4. The molecule has 1 aliphatic heterocycles. The molecule has 5 heteroatoms. The van der Waals surface area contributed by atoms with Crippen molar-refractivity contribution < 1.29 is 9.53 Å². The van der Waals surface area contributed by atoms with Crippen molar-refractivity contribution in [3.8, 4) is 5.75 Å². The number of hydrogen-bond donors (Lipinski definition) is 2. The van der Waals surface area contributed by atoms with Crippen molar-refractivity contribution in [2.45, 2.75) is 32.6 Å². The van der Waals surface area contributed by atoms with Crippen LogP contribution in [0.4, 0.5) is 5.69 Å². The van der Waals surface area contributed by atoms with Crippen LogP contribution in [0.2, 0.25) is 0 Å². The van der Waals surface area contributed by atoms with E-state index in [4.69, 9.17) is 4.74 Å². The second kappa shape index (κ2) is 9.53. The van der Waals surface area contributed by atoms with E-state index >= 15 is 0 Å². The Morgan fingerprint density at radius 2 is 2.09 bits per heavy atom. The van der Waals surface area contributed by atoms with Crippen LogP contribution in [0.5, 0.6) is 5.75 Å². The van der Waals surface area contributed by atoms with Gasteiger partial charge in [-0.25, -0.2) is 0 Å². The van der Waals surface area contributed by atoms with Crippen molar-refractivity contribution in [3.05, 3.63) is 23.8 Å². The molecule has 1 saturated heterocycles. The first kappa shape index (κ1) is 17.8. The van der Waals surface area contributed by atoms with Gasteiger partial charge in [0.2, 0.25) is 5.91 Å². The Kier molecular flexibility index (Phi) is 7.36. The molecule has 5 nitrogen and oxygen atoms in total. The first-order valence-electron chi connectivity index (χ1n) is 8.59. The lowest BCUT2D eigenvalue weighted by Crippen LogP contribution is -2.25. The molecule has 1 amide bonds. The third-order valence-electron chi connectivity index (χ3n) is 4.15. The number of hydrogen-bond acceptors (Lipinski definition) is 4. The van der Waals surface area contributed by atoms with E-state index in [0.29, 0.717) is 6.42 Å². The van der Waals surface area contributed by atoms with E-state index in [1.807, 2.05) is 32.2 Å². The average Bonchev–Trinajstić information content (AvgIpc) is 3.03. The highest BCUT2D eigenvalue weighted by atomic mass is 16.5. The predicted octanol–water partition coefficient (Wildman–Crippen LogP) is 2.41. The molecular weight excluding hydrogens is 290 g/mol. The van der Waals surface area contributed by atoms with Crippen LogP contribution in [0, 0.1) is 6.92 Å². The molecule has 1 fully saturated rings. The van der Waals surface area contributed by atoms with Crippen molar-refractivity contribution >= 4 is 11.6 Å². The molecular formula is C18H29N3O2. The van der Waals surface area contributed by atoms with E-state index in [9.17, 15) is 4.79 Å². The van der Waals surface area contributed by atoms with Gasteiger partial charge < -0.3 is 15.4 Å². The average molecular weight is 319 g/mol. The summed E-state index contributed by atoms with van der Waals surface area (Å²) in [6.45, 7) is 6.97. The number of carbonyl (C=O) groups excluding carboxylic acids is 1. The van der Waals surface area contributed by atoms with E-state index in [1.165, 1.54) is 25.9 Å². The number of nitrogens with one attached hydrogen (secondary N) is 2. The fourth-order valence-electron chi connectivity index (χ4n) is 2.83. The van der Waals surface area contributed by atoms with E-state index < -0.39 is 0 Å². The number of nitrogens with zero attached hydrogens (tertiary/aromatic N) is 1. The number of rotatable bonds is 9. The smallest absolute Gasteiger partial charge is 0.224 e. The Balaban J connectivity index is 1.76. The third kappa shape index (κ3) is 6.20. The summed E-state index contributed by atoms with van der Waals surface area (Å²) in [6.07, 6.45) is 4.00. The van der Waals surface area contributed by atoms with Gasteiger partial charge in [-0.05, 0) is 76.6 Å². The van der Waals surface area contributed by atoms with Crippen LogP contribution in [0.25, 0.3) is 0 Å². The van der Waals surface area contributed by atoms with E-state index in [0.717, 1.165) is 43.1 Å². The summed E-state index contributed by atoms with van der Waals surface area (Å²) in [5.41, 5.74) is 1.89. The van der Waals surface area contributed by atoms with Crippen LogP contribution in [-0.4, -0.2) is 50.6 Å². The molecule has 0 aromatic heterocycles. The zero-order chi connectivity index (χ0) is 16.5. The van der Waals surface area contributed by atoms with Gasteiger partial charge in [0.1, 0.15) is 12.4 Å². The van der Waals surface area contributed by atoms with Gasteiger partial charge in [-0.1, -0.05) is 0 Å². The SMILES string of the molecule is CNCCCC(=O)Nc1ccc(OCCN2CCCC2)c(C)c1. The molecule has 0 spiro atoms. The highest BCUT2D eigenvalue weighted by Crippen LogP contribution is 2.22. The molecule has 0 unspecified atom stereocenters. The summed E-state index contributed by atoms with van der Waals surface area (Å²) in [4.78, 5) is 14.3. The van der Waals surface area contributed by atoms with E-state index in [2.05, 4.69) is 15.5 Å². The van der Waals surface area contributed by atoms with Crippen LogP contribution in [0.15, 0.2) is 18.2 Å². The molecule has 1 aromatic carbocycles. The maximum Gasteiger partial charge on any atom is 0.224 e. The predicted molar refractivity (Wildman–Crippen MR) is 94.1 cm³/mol. The quantitative estimate of drug-likeness (QED) is 0.686. The number of likely N-dealkylation sites (tertiary alicyclic amines) is 1. The number of anilines is 1. The summed E-state index contributed by atoms with van der Waals surface area (Å²) in [7, 11) is 1.89. The van der Waals surface area contributed by atoms with Crippen molar-refractivity contribution in [1.82, 2.24) is 10.2 Å². The summed E-state index contributed by atoms with van der Waals surface area (Å²) in [6, 6.07) is 5.83. The molecule has 2 rings (SSSR count). The number of aryl methyl sites for hydroxylation is 1. The Labute approximate surface area is 139 Å². The fourth-order valence-corrected chi connectivity index (χ4v) is 2.83. The highest BCUT2D eigenvalue weighted by Gasteiger charge is 2.11. The zero-order valence-corrected chi connectivity index (χ0v) is 14.4. The normalized spacial score (nSPS) is 14.9. The van der Waals surface area contributed by atoms with Crippen LogP contribution in [0.1, 0.15) is 31.2 Å². The van der Waals surface area contributed by atoms with Gasteiger partial charge in [-0.3, -0.25) is 9.69 Å². The van der Waals surface area contributed by atoms with E-state index in [-0.39, 0.29) is 5.91 Å². The Bertz CT molecular complexity index is 499. The Hall–Kier alpha value is -1.59. The fraction of sp³-hybridized carbons (Fsp3) is 0.611. The Morgan fingerprint density at radius 1 is 1.30 bits per heavy atom. The molecule has 0 bridgehead atoms. The summed E-state index contributed by atoms with van der Waals surface area (Å²) in [5.74, 6) is 0.958. The van der Waals surface area contributed by atoms with Crippen LogP contribution in [-0.2, 0) is 4.79 Å². The first-order valence-corrected chi connectivity index (χ1v) is 8.59. The summed E-state index contributed by atoms with van der Waals surface area (Å²) in [5, 5.41) is 5.98. The number of ether oxygens (including phenoxy) is 1. The van der Waals surface area contributed by atoms with Crippen molar-refractivity contribution in [2.24, 2.45) is 0 Å². The minimum absolute atomic E-state index is 0.0577. The largest absolute Gasteiger partial charge is 0.492 e. The summed E-state index contributed by atoms with van der Waals surface area (Å²) < 4.78 is 5.88. The molecule has 0 atom stereocenters. The lowest BCUT2D eigenvalue weighted by Gasteiger charge is -2.16. The number of benzene rings is 1. The van der Waals surface area contributed by atoms with Crippen LogP contribution < -0.4 is 15.4 Å². The van der Waals surface area contributed by atoms with Crippen molar-refractivity contribution in [2.75, 3.05) is 45.2 Å². The molecule has 2 N–H and O–H groups in total. The number of amides is 1. The van der Waals surface area contributed by atoms with Crippen molar-refractivity contribution in [3.63, 3.8) is 0 Å². The third-order valence-corrected chi connectivity index (χ3v) is 4.15. The lowest BCUT2D eigenvalue weighted by atomic mass is 10.2. The Morgan fingerprint density at radius 3 is 2.78 bits per heavy atom. The first-order chi connectivity index (χ1) is 11.2. The maximum absolute atomic E-state index is 11.8. The molecule has 1 heterocycles. The second-order valence-electron chi connectivity index (χ2n) is 6.13. The number of carbonyl (C=O) groups is 1. The molecule has 0 aliphatic carbocycles. The van der Waals surface area contributed by atoms with Gasteiger partial charge in [0.25, 0.3) is 0 Å². The van der Waals surface area contributed by atoms with E-state index in [1.54, 1.807) is 0 Å². The van der Waals surface area contributed by atoms with Crippen molar-refractivity contribution in [1.29, 1.82) is 0 Å². The minimum Gasteiger partial charge on any atom is -0.492 e. The van der Waals surface area contributed by atoms with Gasteiger partial charge in [-0.2, -0.15) is 0 Å². The molecule has 1 aromatic rings. The molecule has 23 heavy (non-hydrogen) atoms. The minimum atomic E-state index is 0.0577. The van der Waals surface area contributed by atoms with Crippen LogP contribution in [0.3, 0.4) is 0 Å². The highest BCUT2D eigenvalue weighted by molar-refractivity contribution is 5.90. The molecule has 0 saturated carbocycles. The molecule has 0 radical (unpaired) electrons. The summed E-state index contributed by atoms with van der Waals surface area (Å²) >= 11 is 0. The molecule has 1 aliphatic rings. The van der Waals surface area contributed by atoms with Gasteiger partial charge in [0, 0.05) is 18.7 Å². The van der Waals surface area contributed by atoms with Gasteiger partial charge >= 0.3 is 0 Å². The molecule has 128 valence electrons. The lowest BCUT2D eigenvalue weighted by molar-refractivity contribution is -0.116.